The van der Waals surface area contributed by atoms with Crippen molar-refractivity contribution in [3.8, 4) is 0 Å². The van der Waals surface area contributed by atoms with E-state index in [1.165, 1.54) is 11.0 Å². The van der Waals surface area contributed by atoms with Crippen LogP contribution in [0.4, 0.5) is 20.6 Å². The summed E-state index contributed by atoms with van der Waals surface area (Å²) >= 11 is 0. The van der Waals surface area contributed by atoms with E-state index >= 15 is 0 Å². The van der Waals surface area contributed by atoms with Crippen LogP contribution in [0.5, 0.6) is 0 Å². The van der Waals surface area contributed by atoms with E-state index < -0.39 is 18.1 Å². The highest BCUT2D eigenvalue weighted by Crippen LogP contribution is 2.29. The zero-order chi connectivity index (χ0) is 17.1. The number of hydrogen-bond acceptors (Lipinski definition) is 5. The molecule has 3 rings (SSSR count). The Labute approximate surface area is 139 Å². The molecule has 2 aliphatic heterocycles. The van der Waals surface area contributed by atoms with Crippen molar-refractivity contribution in [2.45, 2.75) is 18.9 Å². The maximum atomic E-state index is 14.4. The summed E-state index contributed by atoms with van der Waals surface area (Å²) in [6.45, 7) is 2.69. The Morgan fingerprint density at radius 1 is 1.33 bits per heavy atom. The van der Waals surface area contributed by atoms with Gasteiger partial charge >= 0.3 is 6.09 Å². The molecule has 0 unspecified atom stereocenters. The van der Waals surface area contributed by atoms with Crippen molar-refractivity contribution in [1.82, 2.24) is 0 Å². The number of morpholine rings is 1. The molecule has 0 radical (unpaired) electrons. The van der Waals surface area contributed by atoms with Gasteiger partial charge in [0, 0.05) is 19.5 Å². The average Bonchev–Trinajstić information content (AvgIpc) is 2.94. The van der Waals surface area contributed by atoms with Gasteiger partial charge in [0.25, 0.3) is 0 Å². The van der Waals surface area contributed by atoms with E-state index in [2.05, 4.69) is 0 Å². The van der Waals surface area contributed by atoms with Crippen LogP contribution in [0.15, 0.2) is 18.2 Å². The van der Waals surface area contributed by atoms with Crippen LogP contribution in [0.25, 0.3) is 0 Å². The highest BCUT2D eigenvalue weighted by molar-refractivity contribution is 5.90. The van der Waals surface area contributed by atoms with Gasteiger partial charge in [-0.1, -0.05) is 0 Å². The number of carbonyl (C=O) groups excluding carboxylic acids is 2. The molecule has 0 bridgehead atoms. The van der Waals surface area contributed by atoms with E-state index in [1.807, 2.05) is 4.90 Å². The van der Waals surface area contributed by atoms with Gasteiger partial charge in [-0.25, -0.2) is 9.18 Å². The van der Waals surface area contributed by atoms with Crippen LogP contribution >= 0.6 is 0 Å². The van der Waals surface area contributed by atoms with Crippen molar-refractivity contribution in [3.05, 3.63) is 24.0 Å². The highest BCUT2D eigenvalue weighted by Gasteiger charge is 2.32. The molecule has 1 aromatic carbocycles. The Bertz CT molecular complexity index is 634. The summed E-state index contributed by atoms with van der Waals surface area (Å²) in [4.78, 5) is 26.1. The van der Waals surface area contributed by atoms with E-state index in [1.54, 1.807) is 12.1 Å². The number of amides is 2. The molecule has 2 amide bonds. The van der Waals surface area contributed by atoms with Gasteiger partial charge in [0.2, 0.25) is 5.91 Å². The number of benzene rings is 1. The van der Waals surface area contributed by atoms with Crippen LogP contribution in [-0.2, 0) is 14.3 Å². The fourth-order valence-corrected chi connectivity index (χ4v) is 2.91. The molecule has 0 aromatic heterocycles. The van der Waals surface area contributed by atoms with E-state index in [-0.39, 0.29) is 18.8 Å². The van der Waals surface area contributed by atoms with Crippen LogP contribution < -0.4 is 15.5 Å². The van der Waals surface area contributed by atoms with Crippen molar-refractivity contribution in [2.75, 3.05) is 42.6 Å². The predicted molar refractivity (Wildman–Crippen MR) is 85.5 cm³/mol. The lowest BCUT2D eigenvalue weighted by Gasteiger charge is -2.29. The molecule has 2 heterocycles. The van der Waals surface area contributed by atoms with Crippen LogP contribution in [0.3, 0.4) is 0 Å². The van der Waals surface area contributed by atoms with Gasteiger partial charge in [-0.3, -0.25) is 9.69 Å². The summed E-state index contributed by atoms with van der Waals surface area (Å²) in [5, 5.41) is 0. The van der Waals surface area contributed by atoms with E-state index in [9.17, 15) is 14.0 Å². The standard InChI is InChI=1S/C16H20FN3O4/c17-13-9-11(1-3-14(13)19-5-7-23-8-6-19)20-10-12(24-16(20)22)2-4-15(18)21/h1,3,9,12H,2,4-8,10H2,(H2,18,21)/t12-/m0/s1. The van der Waals surface area contributed by atoms with Crippen molar-refractivity contribution >= 4 is 23.4 Å². The zero-order valence-electron chi connectivity index (χ0n) is 13.2. The first-order chi connectivity index (χ1) is 11.5. The Morgan fingerprint density at radius 2 is 2.08 bits per heavy atom. The number of anilines is 2. The second kappa shape index (κ2) is 7.04. The lowest BCUT2D eigenvalue weighted by molar-refractivity contribution is -0.118. The smallest absolute Gasteiger partial charge is 0.414 e. The summed E-state index contributed by atoms with van der Waals surface area (Å²) in [7, 11) is 0. The zero-order valence-corrected chi connectivity index (χ0v) is 13.2. The fourth-order valence-electron chi connectivity index (χ4n) is 2.91. The van der Waals surface area contributed by atoms with Gasteiger partial charge in [0.15, 0.2) is 0 Å². The molecule has 2 saturated heterocycles. The van der Waals surface area contributed by atoms with Gasteiger partial charge in [-0.15, -0.1) is 0 Å². The molecule has 2 fully saturated rings. The summed E-state index contributed by atoms with van der Waals surface area (Å²) in [5.74, 6) is -0.826. The largest absolute Gasteiger partial charge is 0.444 e. The van der Waals surface area contributed by atoms with E-state index in [0.717, 1.165) is 0 Å². The minimum absolute atomic E-state index is 0.149. The van der Waals surface area contributed by atoms with Crippen molar-refractivity contribution in [3.63, 3.8) is 0 Å². The Balaban J connectivity index is 1.69. The summed E-state index contributed by atoms with van der Waals surface area (Å²) in [5.41, 5.74) is 6.04. The van der Waals surface area contributed by atoms with Crippen LogP contribution in [0.2, 0.25) is 0 Å². The number of cyclic esters (lactones) is 1. The Hall–Kier alpha value is -2.35. The number of hydrogen-bond donors (Lipinski definition) is 1. The molecule has 24 heavy (non-hydrogen) atoms. The lowest BCUT2D eigenvalue weighted by Crippen LogP contribution is -2.36. The molecule has 0 spiro atoms. The third kappa shape index (κ3) is 3.59. The molecule has 2 aliphatic rings. The van der Waals surface area contributed by atoms with Crippen LogP contribution in [-0.4, -0.2) is 51.0 Å². The minimum Gasteiger partial charge on any atom is -0.444 e. The number of carbonyl (C=O) groups is 2. The molecule has 1 atom stereocenters. The average molecular weight is 337 g/mol. The normalized spacial score (nSPS) is 21.0. The molecular formula is C16H20FN3O4. The van der Waals surface area contributed by atoms with Gasteiger partial charge in [0.05, 0.1) is 31.1 Å². The third-order valence-corrected chi connectivity index (χ3v) is 4.18. The first kappa shape index (κ1) is 16.5. The van der Waals surface area contributed by atoms with E-state index in [0.29, 0.717) is 44.1 Å². The third-order valence-electron chi connectivity index (χ3n) is 4.18. The van der Waals surface area contributed by atoms with Crippen molar-refractivity contribution in [2.24, 2.45) is 5.73 Å². The minimum atomic E-state index is -0.539. The van der Waals surface area contributed by atoms with Gasteiger partial charge in [-0.2, -0.15) is 0 Å². The summed E-state index contributed by atoms with van der Waals surface area (Å²) < 4.78 is 24.9. The van der Waals surface area contributed by atoms with E-state index in [4.69, 9.17) is 15.2 Å². The fraction of sp³-hybridized carbons (Fsp3) is 0.500. The number of nitrogens with zero attached hydrogens (tertiary/aromatic N) is 2. The molecule has 130 valence electrons. The number of primary amides is 1. The quantitative estimate of drug-likeness (QED) is 0.874. The SMILES string of the molecule is NC(=O)CC[C@H]1CN(c2ccc(N3CCOCC3)c(F)c2)C(=O)O1. The van der Waals surface area contributed by atoms with Gasteiger partial charge in [-0.05, 0) is 24.6 Å². The molecule has 1 aromatic rings. The monoisotopic (exact) mass is 337 g/mol. The van der Waals surface area contributed by atoms with Crippen LogP contribution in [0, 0.1) is 5.82 Å². The second-order valence-corrected chi connectivity index (χ2v) is 5.86. The first-order valence-electron chi connectivity index (χ1n) is 7.93. The molecule has 0 saturated carbocycles. The number of ether oxygens (including phenoxy) is 2. The first-order valence-corrected chi connectivity index (χ1v) is 7.93. The topological polar surface area (TPSA) is 85.1 Å². The molecule has 8 heteroatoms. The lowest BCUT2D eigenvalue weighted by atomic mass is 10.1. The number of nitrogens with two attached hydrogens (primary N) is 1. The number of halogens is 1. The van der Waals surface area contributed by atoms with Gasteiger partial charge < -0.3 is 20.1 Å². The molecule has 0 aliphatic carbocycles. The summed E-state index contributed by atoms with van der Waals surface area (Å²) in [6.07, 6.45) is -0.433. The molecular weight excluding hydrogens is 317 g/mol. The maximum absolute atomic E-state index is 14.4. The number of rotatable bonds is 5. The molecule has 2 N–H and O–H groups in total. The van der Waals surface area contributed by atoms with Crippen molar-refractivity contribution < 1.29 is 23.5 Å². The Kier molecular flexibility index (Phi) is 4.84. The Morgan fingerprint density at radius 3 is 2.75 bits per heavy atom. The predicted octanol–water partition coefficient (Wildman–Crippen LogP) is 1.25. The van der Waals surface area contributed by atoms with Crippen LogP contribution in [0.1, 0.15) is 12.8 Å². The van der Waals surface area contributed by atoms with Crippen molar-refractivity contribution in [1.29, 1.82) is 0 Å². The summed E-state index contributed by atoms with van der Waals surface area (Å²) in [6, 6.07) is 4.70. The molecule has 7 nitrogen and oxygen atoms in total. The maximum Gasteiger partial charge on any atom is 0.414 e. The highest BCUT2D eigenvalue weighted by atomic mass is 19.1. The second-order valence-electron chi connectivity index (χ2n) is 5.86. The van der Waals surface area contributed by atoms with Gasteiger partial charge in [0.1, 0.15) is 11.9 Å².